The number of phenolic OH excluding ortho intramolecular Hbond substituents is 1. The highest BCUT2D eigenvalue weighted by molar-refractivity contribution is 5.93. The van der Waals surface area contributed by atoms with Gasteiger partial charge in [0.05, 0.1) is 59.8 Å². The van der Waals surface area contributed by atoms with Gasteiger partial charge in [-0.25, -0.2) is 9.59 Å². The lowest BCUT2D eigenvalue weighted by Gasteiger charge is -2.18. The van der Waals surface area contributed by atoms with E-state index in [1.165, 1.54) is 14.2 Å². The zero-order chi connectivity index (χ0) is 59.8. The van der Waals surface area contributed by atoms with Crippen LogP contribution < -0.4 is 33.2 Å². The van der Waals surface area contributed by atoms with Crippen LogP contribution in [0.25, 0.3) is 11.1 Å². The van der Waals surface area contributed by atoms with Crippen molar-refractivity contribution in [3.63, 3.8) is 0 Å². The first-order valence-electron chi connectivity index (χ1n) is 29.4. The van der Waals surface area contributed by atoms with Crippen LogP contribution in [-0.4, -0.2) is 70.9 Å². The molecule has 1 aliphatic heterocycles. The van der Waals surface area contributed by atoms with Gasteiger partial charge in [-0.3, -0.25) is 0 Å². The minimum Gasteiger partial charge on any atom is -0.508 e. The fourth-order valence-electron chi connectivity index (χ4n) is 9.96. The van der Waals surface area contributed by atoms with Crippen LogP contribution in [0.3, 0.4) is 0 Å². The number of benzene rings is 7. The molecule has 7 aromatic carbocycles. The molecule has 1 saturated heterocycles. The monoisotopic (exact) mass is 1150 g/mol. The molecule has 0 aliphatic carbocycles. The normalized spacial score (nSPS) is 12.6. The second kappa shape index (κ2) is 32.3. The van der Waals surface area contributed by atoms with Gasteiger partial charge in [0.1, 0.15) is 75.2 Å². The van der Waals surface area contributed by atoms with E-state index in [4.69, 9.17) is 51.8 Å². The minimum absolute atomic E-state index is 0.240. The van der Waals surface area contributed by atoms with E-state index in [2.05, 4.69) is 39.8 Å². The van der Waals surface area contributed by atoms with Gasteiger partial charge < -0.3 is 56.9 Å². The Hall–Kier alpha value is -8.88. The van der Waals surface area contributed by atoms with Crippen molar-refractivity contribution in [3.05, 3.63) is 203 Å². The average Bonchev–Trinajstić information content (AvgIpc) is 4.42. The summed E-state index contributed by atoms with van der Waals surface area (Å²) in [7, 11) is 2.71. The summed E-state index contributed by atoms with van der Waals surface area (Å²) in [6.07, 6.45) is 10.6. The number of carbonyl (C=O) groups is 2. The van der Waals surface area contributed by atoms with Crippen LogP contribution in [0, 0.1) is 0 Å². The molecule has 14 nitrogen and oxygen atoms in total. The number of aryl methyl sites for hydroxylation is 2. The maximum atomic E-state index is 12.3. The van der Waals surface area contributed by atoms with Crippen LogP contribution in [0.2, 0.25) is 0 Å². The van der Waals surface area contributed by atoms with Gasteiger partial charge in [0.25, 0.3) is 0 Å². The molecule has 1 unspecified atom stereocenters. The third-order valence-corrected chi connectivity index (χ3v) is 14.4. The molecule has 446 valence electrons. The predicted molar refractivity (Wildman–Crippen MR) is 328 cm³/mol. The number of carbonyl (C=O) groups excluding carboxylic acids is 2. The van der Waals surface area contributed by atoms with Crippen molar-refractivity contribution >= 4 is 11.9 Å². The third kappa shape index (κ3) is 16.9. The molecule has 0 saturated carbocycles. The first kappa shape index (κ1) is 62.2. The van der Waals surface area contributed by atoms with Crippen molar-refractivity contribution in [2.75, 3.05) is 53.9 Å². The highest BCUT2D eigenvalue weighted by Gasteiger charge is 2.24. The van der Waals surface area contributed by atoms with E-state index in [9.17, 15) is 14.7 Å². The van der Waals surface area contributed by atoms with Crippen LogP contribution in [0.4, 0.5) is 0 Å². The number of esters is 2. The highest BCUT2D eigenvalue weighted by atomic mass is 16.5. The van der Waals surface area contributed by atoms with Gasteiger partial charge in [-0.2, -0.15) is 0 Å². The standard InChI is InChI=1S/C39H40O7.C32H38O7/c1-4-13-31-34(18-11-19-35(31)46-36-17-10-9-16-32(36)39(40)41-3)43-21-12-22-44-37-25-38(45-26-28-14-7-6-8-15-28)33(24-29(37)5-2)30-20-23-42-27-30;1-4-10-24-28(13-8-14-29(24)39-30-12-7-6-11-25(30)32(34)35-3)37-16-9-17-38-31-20-27(33)26(19-22(31)5-2)23-15-18-36-21-23/h6-11,14-20,23-25,27H,4-5,12-13,21-22,26H2,1-3H3;6-8,11-14,19-20,23,33H,4-5,9-10,15-18,21H2,1-3H3. The van der Waals surface area contributed by atoms with Crippen LogP contribution in [0.15, 0.2) is 163 Å². The van der Waals surface area contributed by atoms with Crippen molar-refractivity contribution in [1.29, 1.82) is 0 Å². The molecule has 1 aromatic heterocycles. The molecular weight excluding hydrogens is 1080 g/mol. The number of methoxy groups -OCH3 is 2. The average molecular weight is 1160 g/mol. The lowest BCUT2D eigenvalue weighted by atomic mass is 9.94. The zero-order valence-corrected chi connectivity index (χ0v) is 49.7. The largest absolute Gasteiger partial charge is 0.508 e. The lowest BCUT2D eigenvalue weighted by Crippen LogP contribution is -2.08. The van der Waals surface area contributed by atoms with Crippen LogP contribution >= 0.6 is 0 Å². The second-order valence-corrected chi connectivity index (χ2v) is 20.3. The molecule has 1 atom stereocenters. The number of rotatable bonds is 29. The molecule has 1 N–H and O–H groups in total. The van der Waals surface area contributed by atoms with E-state index >= 15 is 0 Å². The van der Waals surface area contributed by atoms with Crippen molar-refractivity contribution in [2.24, 2.45) is 0 Å². The zero-order valence-electron chi connectivity index (χ0n) is 49.7. The van der Waals surface area contributed by atoms with Crippen LogP contribution in [0.1, 0.15) is 120 Å². The number of ether oxygens (including phenoxy) is 10. The molecule has 8 aromatic rings. The molecule has 0 bridgehead atoms. The maximum Gasteiger partial charge on any atom is 0.341 e. The summed E-state index contributed by atoms with van der Waals surface area (Å²) in [5, 5.41) is 10.6. The van der Waals surface area contributed by atoms with E-state index in [0.29, 0.717) is 92.4 Å². The molecule has 0 spiro atoms. The van der Waals surface area contributed by atoms with Gasteiger partial charge in [-0.05, 0) is 121 Å². The SMILES string of the molecule is CCCc1c(OCCCOc2cc(O)c(C3CCOC3)cc2CC)cccc1Oc1ccccc1C(=O)OC.CCCc1c(OCCCOc2cc(OCc3ccccc3)c(-c3ccoc3)cc2CC)cccc1Oc1ccccc1C(=O)OC. The van der Waals surface area contributed by atoms with Gasteiger partial charge >= 0.3 is 11.9 Å². The first-order chi connectivity index (χ1) is 41.7. The topological polar surface area (TPSA) is 160 Å². The molecular formula is C71H78O14. The molecule has 1 aliphatic rings. The van der Waals surface area contributed by atoms with Crippen molar-refractivity contribution in [1.82, 2.24) is 0 Å². The number of hydrogen-bond acceptors (Lipinski definition) is 14. The molecule has 2 heterocycles. The smallest absolute Gasteiger partial charge is 0.341 e. The van der Waals surface area contributed by atoms with E-state index in [1.807, 2.05) is 91.0 Å². The van der Waals surface area contributed by atoms with Crippen molar-refractivity contribution in [3.8, 4) is 68.6 Å². The van der Waals surface area contributed by atoms with Crippen LogP contribution in [-0.2, 0) is 46.5 Å². The second-order valence-electron chi connectivity index (χ2n) is 20.3. The molecule has 14 heteroatoms. The predicted octanol–water partition coefficient (Wildman–Crippen LogP) is 16.3. The fourth-order valence-corrected chi connectivity index (χ4v) is 9.96. The quantitative estimate of drug-likeness (QED) is 0.0348. The van der Waals surface area contributed by atoms with Gasteiger partial charge in [0.2, 0.25) is 0 Å². The fraction of sp³-hybridized carbons (Fsp3) is 0.324. The summed E-state index contributed by atoms with van der Waals surface area (Å²) in [6.45, 7) is 12.1. The molecule has 9 rings (SSSR count). The molecule has 85 heavy (non-hydrogen) atoms. The van der Waals surface area contributed by atoms with E-state index in [-0.39, 0.29) is 11.7 Å². The van der Waals surface area contributed by atoms with E-state index in [0.717, 1.165) is 119 Å². The van der Waals surface area contributed by atoms with E-state index in [1.54, 1.807) is 55.0 Å². The van der Waals surface area contributed by atoms with Gasteiger partial charge in [-0.15, -0.1) is 0 Å². The molecule has 0 radical (unpaired) electrons. The summed E-state index contributed by atoms with van der Waals surface area (Å²) in [6, 6.07) is 45.5. The Morgan fingerprint density at radius 1 is 0.529 bits per heavy atom. The number of aromatic hydroxyl groups is 1. The van der Waals surface area contributed by atoms with Crippen molar-refractivity contribution < 1.29 is 66.5 Å². The number of para-hydroxylation sites is 2. The van der Waals surface area contributed by atoms with Gasteiger partial charge in [0, 0.05) is 59.8 Å². The van der Waals surface area contributed by atoms with Crippen LogP contribution in [0.5, 0.6) is 57.5 Å². The Morgan fingerprint density at radius 2 is 1.04 bits per heavy atom. The summed E-state index contributed by atoms with van der Waals surface area (Å²) in [4.78, 5) is 24.5. The Morgan fingerprint density at radius 3 is 1.54 bits per heavy atom. The first-order valence-corrected chi connectivity index (χ1v) is 29.4. The van der Waals surface area contributed by atoms with Gasteiger partial charge in [-0.1, -0.05) is 107 Å². The Kier molecular flexibility index (Phi) is 23.6. The lowest BCUT2D eigenvalue weighted by molar-refractivity contribution is 0.0588. The number of phenols is 1. The van der Waals surface area contributed by atoms with Crippen molar-refractivity contribution in [2.45, 2.75) is 98.0 Å². The minimum atomic E-state index is -0.447. The molecule has 1 fully saturated rings. The summed E-state index contributed by atoms with van der Waals surface area (Å²) >= 11 is 0. The summed E-state index contributed by atoms with van der Waals surface area (Å²) < 4.78 is 64.2. The third-order valence-electron chi connectivity index (χ3n) is 14.4. The number of hydrogen-bond donors (Lipinski definition) is 1. The number of furan rings is 1. The molecule has 0 amide bonds. The summed E-state index contributed by atoms with van der Waals surface area (Å²) in [5.41, 5.74) is 8.77. The Balaban J connectivity index is 0.000000224. The summed E-state index contributed by atoms with van der Waals surface area (Å²) in [5.74, 6) is 5.55. The Bertz CT molecular complexity index is 3380. The maximum absolute atomic E-state index is 12.3. The van der Waals surface area contributed by atoms with Gasteiger partial charge in [0.15, 0.2) is 0 Å². The highest BCUT2D eigenvalue weighted by Crippen LogP contribution is 2.41. The Labute approximate surface area is 499 Å². The van der Waals surface area contributed by atoms with E-state index < -0.39 is 11.9 Å².